The van der Waals surface area contributed by atoms with Gasteiger partial charge in [-0.3, -0.25) is 9.55 Å². The topological polar surface area (TPSA) is 46.0 Å². The van der Waals surface area contributed by atoms with Gasteiger partial charge in [-0.15, -0.1) is 0 Å². The summed E-state index contributed by atoms with van der Waals surface area (Å²) in [5, 5.41) is 3.18. The van der Waals surface area contributed by atoms with E-state index in [4.69, 9.17) is 0 Å². The van der Waals surface area contributed by atoms with Gasteiger partial charge >= 0.3 is 0 Å². The normalized spacial score (nSPS) is 10.9. The van der Waals surface area contributed by atoms with Crippen molar-refractivity contribution in [3.05, 3.63) is 66.9 Å². The van der Waals surface area contributed by atoms with Gasteiger partial charge in [-0.1, -0.05) is 30.3 Å². The SMILES string of the molecule is CNc1nc2cnc(-c3cccc(N(C)C)c3)cc2n1-c1ccccc1. The molecule has 0 amide bonds. The van der Waals surface area contributed by atoms with E-state index in [0.29, 0.717) is 0 Å². The average Bonchev–Trinajstić information content (AvgIpc) is 3.06. The van der Waals surface area contributed by atoms with Crippen molar-refractivity contribution in [3.63, 3.8) is 0 Å². The van der Waals surface area contributed by atoms with Crippen LogP contribution in [0.5, 0.6) is 0 Å². The molecule has 0 unspecified atom stereocenters. The Labute approximate surface area is 152 Å². The van der Waals surface area contributed by atoms with Crippen molar-refractivity contribution in [3.8, 4) is 16.9 Å². The fraction of sp³-hybridized carbons (Fsp3) is 0.143. The molecular weight excluding hydrogens is 322 g/mol. The Morgan fingerprint density at radius 3 is 2.50 bits per heavy atom. The Hall–Kier alpha value is -3.34. The maximum atomic E-state index is 4.67. The summed E-state index contributed by atoms with van der Waals surface area (Å²) in [5.41, 5.74) is 6.13. The number of para-hydroxylation sites is 1. The summed E-state index contributed by atoms with van der Waals surface area (Å²) in [4.78, 5) is 11.4. The van der Waals surface area contributed by atoms with Crippen molar-refractivity contribution in [1.82, 2.24) is 14.5 Å². The van der Waals surface area contributed by atoms with Gasteiger partial charge in [0.05, 0.1) is 17.4 Å². The molecule has 4 aromatic rings. The maximum absolute atomic E-state index is 4.67. The summed E-state index contributed by atoms with van der Waals surface area (Å²) >= 11 is 0. The minimum atomic E-state index is 0.798. The van der Waals surface area contributed by atoms with Crippen LogP contribution in [0.3, 0.4) is 0 Å². The monoisotopic (exact) mass is 343 g/mol. The number of benzene rings is 2. The lowest BCUT2D eigenvalue weighted by Gasteiger charge is -2.13. The molecule has 0 spiro atoms. The third-order valence-electron chi connectivity index (χ3n) is 4.44. The molecule has 0 saturated heterocycles. The molecule has 0 bridgehead atoms. The Balaban J connectivity index is 1.91. The zero-order valence-corrected chi connectivity index (χ0v) is 15.1. The highest BCUT2D eigenvalue weighted by molar-refractivity contribution is 5.84. The number of anilines is 2. The fourth-order valence-electron chi connectivity index (χ4n) is 3.09. The second kappa shape index (κ2) is 6.52. The highest BCUT2D eigenvalue weighted by Gasteiger charge is 2.13. The van der Waals surface area contributed by atoms with E-state index in [1.54, 1.807) is 0 Å². The van der Waals surface area contributed by atoms with Gasteiger partial charge in [0.1, 0.15) is 5.52 Å². The zero-order chi connectivity index (χ0) is 18.1. The molecule has 2 aromatic heterocycles. The van der Waals surface area contributed by atoms with Gasteiger partial charge in [0.25, 0.3) is 0 Å². The predicted molar refractivity (Wildman–Crippen MR) is 108 cm³/mol. The molecule has 0 aliphatic heterocycles. The number of hydrogen-bond acceptors (Lipinski definition) is 4. The first kappa shape index (κ1) is 16.1. The predicted octanol–water partition coefficient (Wildman–Crippen LogP) is 4.20. The van der Waals surface area contributed by atoms with Gasteiger partial charge in [-0.05, 0) is 30.3 Å². The molecule has 0 saturated carbocycles. The van der Waals surface area contributed by atoms with Crippen LogP contribution in [0.25, 0.3) is 28.0 Å². The van der Waals surface area contributed by atoms with Gasteiger partial charge in [0, 0.05) is 38.1 Å². The summed E-state index contributed by atoms with van der Waals surface area (Å²) in [7, 11) is 5.97. The first-order valence-corrected chi connectivity index (χ1v) is 8.57. The molecular formula is C21H21N5. The standard InChI is InChI=1S/C21H21N5/c1-22-21-24-19-14-23-18(15-8-7-11-17(12-15)25(2)3)13-20(19)26(21)16-9-5-4-6-10-16/h4-14H,1-3H3,(H,22,24). The van der Waals surface area contributed by atoms with Crippen molar-refractivity contribution < 1.29 is 0 Å². The first-order chi connectivity index (χ1) is 12.7. The van der Waals surface area contributed by atoms with Gasteiger partial charge in [0.2, 0.25) is 5.95 Å². The van der Waals surface area contributed by atoms with E-state index in [1.807, 2.05) is 45.5 Å². The number of aromatic nitrogens is 3. The molecule has 4 rings (SSSR count). The molecule has 5 nitrogen and oxygen atoms in total. The van der Waals surface area contributed by atoms with Gasteiger partial charge in [-0.2, -0.15) is 0 Å². The van der Waals surface area contributed by atoms with Crippen LogP contribution < -0.4 is 10.2 Å². The maximum Gasteiger partial charge on any atom is 0.208 e. The van der Waals surface area contributed by atoms with Crippen molar-refractivity contribution in [2.75, 3.05) is 31.4 Å². The molecule has 1 N–H and O–H groups in total. The van der Waals surface area contributed by atoms with Gasteiger partial charge in [0.15, 0.2) is 0 Å². The number of nitrogens with one attached hydrogen (secondary N) is 1. The van der Waals surface area contributed by atoms with E-state index in [1.165, 1.54) is 0 Å². The van der Waals surface area contributed by atoms with Crippen molar-refractivity contribution in [2.45, 2.75) is 0 Å². The third kappa shape index (κ3) is 2.77. The van der Waals surface area contributed by atoms with E-state index < -0.39 is 0 Å². The number of nitrogens with zero attached hydrogens (tertiary/aromatic N) is 4. The van der Waals surface area contributed by atoms with Crippen molar-refractivity contribution >= 4 is 22.7 Å². The second-order valence-corrected chi connectivity index (χ2v) is 6.36. The second-order valence-electron chi connectivity index (χ2n) is 6.36. The molecule has 0 radical (unpaired) electrons. The van der Waals surface area contributed by atoms with E-state index in [0.717, 1.165) is 39.6 Å². The van der Waals surface area contributed by atoms with Crippen LogP contribution >= 0.6 is 0 Å². The van der Waals surface area contributed by atoms with E-state index in [9.17, 15) is 0 Å². The zero-order valence-electron chi connectivity index (χ0n) is 15.1. The molecule has 0 atom stereocenters. The molecule has 0 aliphatic carbocycles. The lowest BCUT2D eigenvalue weighted by Crippen LogP contribution is -2.08. The molecule has 2 heterocycles. The van der Waals surface area contributed by atoms with E-state index in [-0.39, 0.29) is 0 Å². The minimum Gasteiger partial charge on any atom is -0.378 e. The highest BCUT2D eigenvalue weighted by atomic mass is 15.2. The lowest BCUT2D eigenvalue weighted by molar-refractivity contribution is 1.09. The first-order valence-electron chi connectivity index (χ1n) is 8.57. The quantitative estimate of drug-likeness (QED) is 0.603. The number of imidazole rings is 1. The Morgan fingerprint density at radius 1 is 0.962 bits per heavy atom. The molecule has 130 valence electrons. The Kier molecular flexibility index (Phi) is 4.05. The summed E-state index contributed by atoms with van der Waals surface area (Å²) in [6.45, 7) is 0. The fourth-order valence-corrected chi connectivity index (χ4v) is 3.09. The van der Waals surface area contributed by atoms with E-state index >= 15 is 0 Å². The molecule has 26 heavy (non-hydrogen) atoms. The Bertz CT molecular complexity index is 1050. The lowest BCUT2D eigenvalue weighted by atomic mass is 10.1. The molecule has 5 heteroatoms. The van der Waals surface area contributed by atoms with Gasteiger partial charge in [-0.25, -0.2) is 4.98 Å². The van der Waals surface area contributed by atoms with Crippen LogP contribution in [-0.4, -0.2) is 35.7 Å². The number of rotatable bonds is 4. The highest BCUT2D eigenvalue weighted by Crippen LogP contribution is 2.29. The smallest absolute Gasteiger partial charge is 0.208 e. The van der Waals surface area contributed by atoms with Crippen molar-refractivity contribution in [1.29, 1.82) is 0 Å². The largest absolute Gasteiger partial charge is 0.378 e. The van der Waals surface area contributed by atoms with Crippen LogP contribution in [0, 0.1) is 0 Å². The van der Waals surface area contributed by atoms with Crippen LogP contribution in [0.1, 0.15) is 0 Å². The van der Waals surface area contributed by atoms with Crippen LogP contribution in [-0.2, 0) is 0 Å². The van der Waals surface area contributed by atoms with Crippen LogP contribution in [0.15, 0.2) is 66.9 Å². The summed E-state index contributed by atoms with van der Waals surface area (Å²) < 4.78 is 2.12. The minimum absolute atomic E-state index is 0.798. The molecule has 0 fully saturated rings. The van der Waals surface area contributed by atoms with Crippen LogP contribution in [0.4, 0.5) is 11.6 Å². The number of pyridine rings is 1. The van der Waals surface area contributed by atoms with Crippen LogP contribution in [0.2, 0.25) is 0 Å². The average molecular weight is 343 g/mol. The van der Waals surface area contributed by atoms with E-state index in [2.05, 4.69) is 67.2 Å². The number of hydrogen-bond donors (Lipinski definition) is 1. The Morgan fingerprint density at radius 2 is 1.77 bits per heavy atom. The molecule has 2 aromatic carbocycles. The number of fused-ring (bicyclic) bond motifs is 1. The van der Waals surface area contributed by atoms with Gasteiger partial charge < -0.3 is 10.2 Å². The summed E-state index contributed by atoms with van der Waals surface area (Å²) in [5.74, 6) is 0.798. The third-order valence-corrected chi connectivity index (χ3v) is 4.44. The molecule has 0 aliphatic rings. The summed E-state index contributed by atoms with van der Waals surface area (Å²) in [6, 6.07) is 20.7. The summed E-state index contributed by atoms with van der Waals surface area (Å²) in [6.07, 6.45) is 1.84. The van der Waals surface area contributed by atoms with Crippen molar-refractivity contribution in [2.24, 2.45) is 0 Å².